The normalized spacial score (nSPS) is 20.2. The minimum absolute atomic E-state index is 0.153. The van der Waals surface area contributed by atoms with E-state index in [9.17, 15) is 14.3 Å². The molecule has 0 fully saturated rings. The zero-order valence-corrected chi connectivity index (χ0v) is 16.8. The molecule has 152 valence electrons. The van der Waals surface area contributed by atoms with Crippen molar-refractivity contribution in [2.24, 2.45) is 5.92 Å². The summed E-state index contributed by atoms with van der Waals surface area (Å²) < 4.78 is 15.7. The van der Waals surface area contributed by atoms with Gasteiger partial charge in [0, 0.05) is 17.9 Å². The molecule has 6 nitrogen and oxygen atoms in total. The summed E-state index contributed by atoms with van der Waals surface area (Å²) in [7, 11) is 0. The third kappa shape index (κ3) is 3.37. The van der Waals surface area contributed by atoms with Crippen LogP contribution in [0.15, 0.2) is 65.5 Å². The summed E-state index contributed by atoms with van der Waals surface area (Å²) >= 11 is 1.35. The highest BCUT2D eigenvalue weighted by Crippen LogP contribution is 2.42. The number of hydrogen-bond donors (Lipinski definition) is 2. The number of anilines is 1. The highest BCUT2D eigenvalue weighted by atomic mass is 32.2. The molecule has 8 heteroatoms. The zero-order valence-electron chi connectivity index (χ0n) is 16.0. The van der Waals surface area contributed by atoms with Gasteiger partial charge in [0.25, 0.3) is 0 Å². The number of thioether (sulfide) groups is 1. The third-order valence-corrected chi connectivity index (χ3v) is 6.32. The van der Waals surface area contributed by atoms with Crippen LogP contribution in [0.5, 0.6) is 5.75 Å². The second-order valence-electron chi connectivity index (χ2n) is 7.35. The largest absolute Gasteiger partial charge is 0.508 e. The van der Waals surface area contributed by atoms with Crippen molar-refractivity contribution < 1.29 is 14.3 Å². The second kappa shape index (κ2) is 7.60. The standard InChI is InChI=1S/C22H19FN4O2S/c23-16-5-2-1-4-14(16)12-30-22-25-21-24-17-6-3-7-18(29)19(17)20(27(21)26-22)13-8-10-15(28)11-9-13/h1-2,4-6,8-11,19-20,28H,3,7,12H2,(H,24,25,26)/t19-,20-/m1/s1. The lowest BCUT2D eigenvalue weighted by Gasteiger charge is -2.36. The van der Waals surface area contributed by atoms with Crippen LogP contribution < -0.4 is 5.32 Å². The molecule has 1 aliphatic carbocycles. The van der Waals surface area contributed by atoms with Crippen LogP contribution in [-0.4, -0.2) is 25.7 Å². The smallest absolute Gasteiger partial charge is 0.227 e. The Bertz CT molecular complexity index is 1140. The molecule has 2 aliphatic rings. The van der Waals surface area contributed by atoms with E-state index in [0.717, 1.165) is 11.3 Å². The van der Waals surface area contributed by atoms with Crippen molar-refractivity contribution in [3.8, 4) is 5.75 Å². The third-order valence-electron chi connectivity index (χ3n) is 5.43. The predicted molar refractivity (Wildman–Crippen MR) is 112 cm³/mol. The predicted octanol–water partition coefficient (Wildman–Crippen LogP) is 4.29. The molecule has 0 unspecified atom stereocenters. The minimum atomic E-state index is -0.373. The highest BCUT2D eigenvalue weighted by molar-refractivity contribution is 7.98. The molecule has 0 amide bonds. The van der Waals surface area contributed by atoms with Gasteiger partial charge in [0.2, 0.25) is 11.1 Å². The van der Waals surface area contributed by atoms with Gasteiger partial charge >= 0.3 is 0 Å². The number of halogens is 1. The molecule has 2 N–H and O–H groups in total. The van der Waals surface area contributed by atoms with Crippen molar-refractivity contribution in [2.75, 3.05) is 5.32 Å². The molecule has 2 aromatic carbocycles. The average Bonchev–Trinajstić information content (AvgIpc) is 3.15. The number of fused-ring (bicyclic) bond motifs is 2. The van der Waals surface area contributed by atoms with E-state index in [-0.39, 0.29) is 29.3 Å². The molecule has 0 saturated carbocycles. The van der Waals surface area contributed by atoms with Crippen molar-refractivity contribution >= 4 is 23.5 Å². The summed E-state index contributed by atoms with van der Waals surface area (Å²) in [5, 5.41) is 18.1. The average molecular weight is 422 g/mol. The van der Waals surface area contributed by atoms with E-state index in [4.69, 9.17) is 0 Å². The molecule has 3 aromatic rings. The Labute approximate surface area is 176 Å². The fourth-order valence-corrected chi connectivity index (χ4v) is 4.79. The lowest BCUT2D eigenvalue weighted by atomic mass is 9.81. The molecule has 0 saturated heterocycles. The lowest BCUT2D eigenvalue weighted by Crippen LogP contribution is -2.38. The van der Waals surface area contributed by atoms with Gasteiger partial charge in [-0.05, 0) is 35.7 Å². The Kier molecular flexibility index (Phi) is 4.78. The Balaban J connectivity index is 1.51. The summed E-state index contributed by atoms with van der Waals surface area (Å²) in [6.07, 6.45) is 3.23. The summed E-state index contributed by atoms with van der Waals surface area (Å²) in [5.74, 6) is 0.655. The number of nitrogens with zero attached hydrogens (tertiary/aromatic N) is 3. The first-order valence-electron chi connectivity index (χ1n) is 9.71. The second-order valence-corrected chi connectivity index (χ2v) is 8.29. The molecule has 0 spiro atoms. The maximum absolute atomic E-state index is 13.9. The Hall–Kier alpha value is -3.13. The van der Waals surface area contributed by atoms with Crippen LogP contribution >= 0.6 is 11.8 Å². The van der Waals surface area contributed by atoms with Gasteiger partial charge in [0.05, 0.1) is 12.0 Å². The lowest BCUT2D eigenvalue weighted by molar-refractivity contribution is -0.123. The fourth-order valence-electron chi connectivity index (χ4n) is 3.98. The number of aromatic hydroxyl groups is 1. The molecule has 2 heterocycles. The van der Waals surface area contributed by atoms with E-state index in [1.807, 2.05) is 18.2 Å². The topological polar surface area (TPSA) is 80.0 Å². The van der Waals surface area contributed by atoms with E-state index in [1.54, 1.807) is 35.0 Å². The number of allylic oxidation sites excluding steroid dienone is 2. The highest BCUT2D eigenvalue weighted by Gasteiger charge is 2.41. The molecule has 2 atom stereocenters. The van der Waals surface area contributed by atoms with E-state index in [2.05, 4.69) is 15.4 Å². The quantitative estimate of drug-likeness (QED) is 0.611. The van der Waals surface area contributed by atoms with Crippen LogP contribution in [0, 0.1) is 11.7 Å². The van der Waals surface area contributed by atoms with Gasteiger partial charge in [-0.25, -0.2) is 9.07 Å². The van der Waals surface area contributed by atoms with Crippen LogP contribution in [0.1, 0.15) is 30.0 Å². The number of carbonyl (C=O) groups is 1. The number of phenolic OH excluding ortho intramolecular Hbond substituents is 1. The van der Waals surface area contributed by atoms with Gasteiger partial charge in [0.15, 0.2) is 0 Å². The molecular weight excluding hydrogens is 403 g/mol. The fraction of sp³-hybridized carbons (Fsp3) is 0.227. The number of aromatic nitrogens is 3. The molecule has 5 rings (SSSR count). The SMILES string of the molecule is O=C1CCC=C2Nc3nc(SCc4ccccc4F)nn3[C@H](c3ccc(O)cc3)[C@@H]12. The first-order chi connectivity index (χ1) is 14.6. The van der Waals surface area contributed by atoms with Gasteiger partial charge in [-0.2, -0.15) is 4.98 Å². The van der Waals surface area contributed by atoms with Gasteiger partial charge in [-0.1, -0.05) is 48.2 Å². The van der Waals surface area contributed by atoms with Crippen LogP contribution in [-0.2, 0) is 10.5 Å². The van der Waals surface area contributed by atoms with Gasteiger partial charge in [0.1, 0.15) is 17.3 Å². The van der Waals surface area contributed by atoms with Gasteiger partial charge in [-0.15, -0.1) is 5.10 Å². The van der Waals surface area contributed by atoms with Crippen molar-refractivity contribution in [3.05, 3.63) is 77.2 Å². The number of phenols is 1. The van der Waals surface area contributed by atoms with Crippen molar-refractivity contribution in [3.63, 3.8) is 0 Å². The van der Waals surface area contributed by atoms with Gasteiger partial charge < -0.3 is 10.4 Å². The molecule has 1 aromatic heterocycles. The maximum Gasteiger partial charge on any atom is 0.227 e. The van der Waals surface area contributed by atoms with E-state index < -0.39 is 0 Å². The van der Waals surface area contributed by atoms with Gasteiger partial charge in [-0.3, -0.25) is 4.79 Å². The van der Waals surface area contributed by atoms with Crippen LogP contribution in [0.4, 0.5) is 10.3 Å². The first-order valence-corrected chi connectivity index (χ1v) is 10.7. The summed E-state index contributed by atoms with van der Waals surface area (Å²) in [4.78, 5) is 17.4. The summed E-state index contributed by atoms with van der Waals surface area (Å²) in [6.45, 7) is 0. The van der Waals surface area contributed by atoms with Crippen molar-refractivity contribution in [2.45, 2.75) is 29.8 Å². The Morgan fingerprint density at radius 2 is 2.00 bits per heavy atom. The molecule has 0 bridgehead atoms. The van der Waals surface area contributed by atoms with E-state index >= 15 is 0 Å². The van der Waals surface area contributed by atoms with E-state index in [0.29, 0.717) is 35.3 Å². The monoisotopic (exact) mass is 422 g/mol. The van der Waals surface area contributed by atoms with Crippen molar-refractivity contribution in [1.29, 1.82) is 0 Å². The number of ketones is 1. The first kappa shape index (κ1) is 18.9. The summed E-state index contributed by atoms with van der Waals surface area (Å²) in [5.41, 5.74) is 2.30. The number of benzene rings is 2. The van der Waals surface area contributed by atoms with E-state index in [1.165, 1.54) is 17.8 Å². The molecular formula is C22H19FN4O2S. The molecule has 0 radical (unpaired) electrons. The van der Waals surface area contributed by atoms with Crippen molar-refractivity contribution in [1.82, 2.24) is 14.8 Å². The molecule has 1 aliphatic heterocycles. The maximum atomic E-state index is 13.9. The number of nitrogens with one attached hydrogen (secondary N) is 1. The van der Waals surface area contributed by atoms with Crippen LogP contribution in [0.3, 0.4) is 0 Å². The number of hydrogen-bond acceptors (Lipinski definition) is 6. The number of carbonyl (C=O) groups excluding carboxylic acids is 1. The van der Waals surface area contributed by atoms with Crippen LogP contribution in [0.2, 0.25) is 0 Å². The minimum Gasteiger partial charge on any atom is -0.508 e. The van der Waals surface area contributed by atoms with Crippen LogP contribution in [0.25, 0.3) is 0 Å². The summed E-state index contributed by atoms with van der Waals surface area (Å²) in [6, 6.07) is 13.1. The Morgan fingerprint density at radius 1 is 1.20 bits per heavy atom. The Morgan fingerprint density at radius 3 is 2.80 bits per heavy atom. The number of Topliss-reactive ketones (excluding diaryl/α,β-unsaturated/α-hetero) is 1. The zero-order chi connectivity index (χ0) is 20.7. The number of rotatable bonds is 4. The molecule has 30 heavy (non-hydrogen) atoms.